The molecule has 166 valence electrons. The van der Waals surface area contributed by atoms with Crippen LogP contribution in [0, 0.1) is 5.92 Å². The fourth-order valence-corrected chi connectivity index (χ4v) is 4.48. The van der Waals surface area contributed by atoms with Gasteiger partial charge in [0, 0.05) is 49.0 Å². The normalized spacial score (nSPS) is 23.9. The van der Waals surface area contributed by atoms with Gasteiger partial charge in [0.05, 0.1) is 17.4 Å². The Hall–Kier alpha value is -2.41. The molecule has 1 amide bonds. The Morgan fingerprint density at radius 3 is 2.58 bits per heavy atom. The zero-order chi connectivity index (χ0) is 21.8. The molecule has 0 aromatic carbocycles. The number of aromatic nitrogens is 3. The molecule has 7 heteroatoms. The molecule has 3 fully saturated rings. The Morgan fingerprint density at radius 1 is 1.19 bits per heavy atom. The monoisotopic (exact) mass is 424 g/mol. The summed E-state index contributed by atoms with van der Waals surface area (Å²) in [6.07, 6.45) is 6.29. The van der Waals surface area contributed by atoms with Crippen LogP contribution in [-0.2, 0) is 4.74 Å². The van der Waals surface area contributed by atoms with E-state index in [0.717, 1.165) is 29.8 Å². The third-order valence-corrected chi connectivity index (χ3v) is 6.57. The lowest BCUT2D eigenvalue weighted by molar-refractivity contribution is 0.00788. The van der Waals surface area contributed by atoms with Crippen LogP contribution in [0.1, 0.15) is 75.7 Å². The molecule has 0 atom stereocenters. The zero-order valence-corrected chi connectivity index (χ0v) is 18.6. The van der Waals surface area contributed by atoms with Gasteiger partial charge in [-0.2, -0.15) is 5.10 Å². The summed E-state index contributed by atoms with van der Waals surface area (Å²) in [5.41, 5.74) is 3.83. The van der Waals surface area contributed by atoms with E-state index >= 15 is 0 Å². The van der Waals surface area contributed by atoms with Crippen LogP contribution in [0.5, 0.6) is 0 Å². The SMILES string of the molecule is CC(C)(C)OC(=O)N1CC(c2cccc(-c3cn([C@H]4C[C@H](CO)C4)nc3C3CC3)n2)C1. The van der Waals surface area contributed by atoms with Crippen LogP contribution >= 0.6 is 0 Å². The summed E-state index contributed by atoms with van der Waals surface area (Å²) in [5.74, 6) is 1.20. The van der Waals surface area contributed by atoms with Crippen molar-refractivity contribution in [1.82, 2.24) is 19.7 Å². The molecular weight excluding hydrogens is 392 g/mol. The molecule has 1 N–H and O–H groups in total. The molecule has 2 aliphatic carbocycles. The molecule has 2 aromatic heterocycles. The predicted molar refractivity (Wildman–Crippen MR) is 117 cm³/mol. The maximum atomic E-state index is 12.2. The van der Waals surface area contributed by atoms with Crippen molar-refractivity contribution in [3.8, 4) is 11.3 Å². The zero-order valence-electron chi connectivity index (χ0n) is 18.6. The van der Waals surface area contributed by atoms with E-state index < -0.39 is 5.60 Å². The van der Waals surface area contributed by atoms with Gasteiger partial charge >= 0.3 is 6.09 Å². The molecule has 1 aliphatic heterocycles. The van der Waals surface area contributed by atoms with Gasteiger partial charge in [-0.05, 0) is 64.5 Å². The lowest BCUT2D eigenvalue weighted by Crippen LogP contribution is -2.50. The van der Waals surface area contributed by atoms with Gasteiger partial charge in [0.2, 0.25) is 0 Å². The van der Waals surface area contributed by atoms with E-state index in [2.05, 4.69) is 29.1 Å². The summed E-state index contributed by atoms with van der Waals surface area (Å²) in [5, 5.41) is 14.3. The van der Waals surface area contributed by atoms with Crippen LogP contribution in [0.25, 0.3) is 11.3 Å². The summed E-state index contributed by atoms with van der Waals surface area (Å²) in [6.45, 7) is 7.22. The average molecular weight is 425 g/mol. The first-order valence-electron chi connectivity index (χ1n) is 11.5. The molecule has 3 aliphatic rings. The molecule has 31 heavy (non-hydrogen) atoms. The van der Waals surface area contributed by atoms with Gasteiger partial charge in [-0.1, -0.05) is 6.07 Å². The highest BCUT2D eigenvalue weighted by Crippen LogP contribution is 2.45. The highest BCUT2D eigenvalue weighted by molar-refractivity contribution is 5.69. The molecule has 1 saturated heterocycles. The lowest BCUT2D eigenvalue weighted by atomic mass is 9.81. The van der Waals surface area contributed by atoms with Crippen LogP contribution < -0.4 is 0 Å². The Balaban J connectivity index is 1.31. The second kappa shape index (κ2) is 7.62. The van der Waals surface area contributed by atoms with Gasteiger partial charge in [0.15, 0.2) is 0 Å². The van der Waals surface area contributed by atoms with E-state index in [-0.39, 0.29) is 18.6 Å². The maximum Gasteiger partial charge on any atom is 0.410 e. The molecule has 0 spiro atoms. The number of carbonyl (C=O) groups is 1. The quantitative estimate of drug-likeness (QED) is 0.782. The Kier molecular flexibility index (Phi) is 5.04. The largest absolute Gasteiger partial charge is 0.444 e. The fraction of sp³-hybridized carbons (Fsp3) is 0.625. The first-order chi connectivity index (χ1) is 14.8. The van der Waals surface area contributed by atoms with Gasteiger partial charge < -0.3 is 14.7 Å². The summed E-state index contributed by atoms with van der Waals surface area (Å²) in [7, 11) is 0. The number of amides is 1. The number of nitrogens with zero attached hydrogens (tertiary/aromatic N) is 4. The van der Waals surface area contributed by atoms with Crippen LogP contribution in [0.3, 0.4) is 0 Å². The average Bonchev–Trinajstić information content (AvgIpc) is 3.38. The number of pyridine rings is 1. The van der Waals surface area contributed by atoms with Crippen LogP contribution in [-0.4, -0.2) is 56.2 Å². The molecule has 2 aromatic rings. The van der Waals surface area contributed by atoms with E-state index in [4.69, 9.17) is 14.8 Å². The third kappa shape index (κ3) is 4.20. The van der Waals surface area contributed by atoms with Gasteiger partial charge in [-0.15, -0.1) is 0 Å². The number of hydrogen-bond donors (Lipinski definition) is 1. The molecule has 0 bridgehead atoms. The smallest absolute Gasteiger partial charge is 0.410 e. The summed E-state index contributed by atoms with van der Waals surface area (Å²) in [6, 6.07) is 6.57. The highest BCUT2D eigenvalue weighted by atomic mass is 16.6. The predicted octanol–water partition coefficient (Wildman–Crippen LogP) is 4.10. The van der Waals surface area contributed by atoms with E-state index in [9.17, 15) is 9.90 Å². The van der Waals surface area contributed by atoms with Crippen LogP contribution in [0.15, 0.2) is 24.4 Å². The minimum absolute atomic E-state index is 0.240. The molecule has 3 heterocycles. The minimum Gasteiger partial charge on any atom is -0.444 e. The van der Waals surface area contributed by atoms with Crippen molar-refractivity contribution in [1.29, 1.82) is 0 Å². The summed E-state index contributed by atoms with van der Waals surface area (Å²) in [4.78, 5) is 19.0. The molecule has 0 radical (unpaired) electrons. The number of aliphatic hydroxyl groups excluding tert-OH is 1. The maximum absolute atomic E-state index is 12.2. The van der Waals surface area contributed by atoms with Crippen LogP contribution in [0.4, 0.5) is 4.79 Å². The fourth-order valence-electron chi connectivity index (χ4n) is 4.48. The summed E-state index contributed by atoms with van der Waals surface area (Å²) >= 11 is 0. The van der Waals surface area contributed by atoms with Gasteiger partial charge in [0.25, 0.3) is 0 Å². The van der Waals surface area contributed by atoms with Gasteiger partial charge in [-0.3, -0.25) is 9.67 Å². The number of likely N-dealkylation sites (tertiary alicyclic amines) is 1. The highest BCUT2D eigenvalue weighted by Gasteiger charge is 2.37. The molecular formula is C24H32N4O3. The third-order valence-electron chi connectivity index (χ3n) is 6.57. The molecule has 0 unspecified atom stereocenters. The number of hydrogen-bond acceptors (Lipinski definition) is 5. The van der Waals surface area contributed by atoms with Crippen molar-refractivity contribution in [2.45, 2.75) is 69.9 Å². The van der Waals surface area contributed by atoms with Gasteiger partial charge in [-0.25, -0.2) is 4.79 Å². The van der Waals surface area contributed by atoms with E-state index in [1.165, 1.54) is 18.5 Å². The minimum atomic E-state index is -0.475. The second-order valence-electron chi connectivity index (χ2n) is 10.4. The Morgan fingerprint density at radius 2 is 1.94 bits per heavy atom. The molecule has 7 nitrogen and oxygen atoms in total. The van der Waals surface area contributed by atoms with E-state index in [1.54, 1.807) is 4.90 Å². The first-order valence-corrected chi connectivity index (χ1v) is 11.5. The molecule has 2 saturated carbocycles. The van der Waals surface area contributed by atoms with Crippen molar-refractivity contribution in [2.75, 3.05) is 19.7 Å². The number of rotatable bonds is 5. The van der Waals surface area contributed by atoms with Crippen molar-refractivity contribution in [2.24, 2.45) is 5.92 Å². The topological polar surface area (TPSA) is 80.5 Å². The standard InChI is InChI=1S/C24H32N4O3/c1-24(2,3)31-23(30)27-11-17(12-27)20-5-4-6-21(25-20)19-13-28(18-9-15(10-18)14-29)26-22(19)16-7-8-16/h4-6,13,15-18,29H,7-12,14H2,1-3H3/t15-,18-. The second-order valence-corrected chi connectivity index (χ2v) is 10.4. The van der Waals surface area contributed by atoms with Crippen molar-refractivity contribution in [3.63, 3.8) is 0 Å². The van der Waals surface area contributed by atoms with Crippen LogP contribution in [0.2, 0.25) is 0 Å². The van der Waals surface area contributed by atoms with Crippen molar-refractivity contribution in [3.05, 3.63) is 35.8 Å². The summed E-state index contributed by atoms with van der Waals surface area (Å²) < 4.78 is 7.57. The van der Waals surface area contributed by atoms with Crippen molar-refractivity contribution < 1.29 is 14.6 Å². The Bertz CT molecular complexity index is 963. The Labute approximate surface area is 183 Å². The van der Waals surface area contributed by atoms with Crippen molar-refractivity contribution >= 4 is 6.09 Å². The first kappa shape index (κ1) is 20.5. The number of ether oxygens (including phenoxy) is 1. The lowest BCUT2D eigenvalue weighted by Gasteiger charge is -2.39. The van der Waals surface area contributed by atoms with E-state index in [0.29, 0.717) is 31.0 Å². The number of aliphatic hydroxyl groups is 1. The number of carbonyl (C=O) groups excluding carboxylic acids is 1. The van der Waals surface area contributed by atoms with E-state index in [1.807, 2.05) is 20.8 Å². The molecule has 5 rings (SSSR count). The van der Waals surface area contributed by atoms with Gasteiger partial charge in [0.1, 0.15) is 5.60 Å².